The molecule has 1 aliphatic rings. The Hall–Kier alpha value is -1.03. The summed E-state index contributed by atoms with van der Waals surface area (Å²) in [6.07, 6.45) is 1.61. The highest BCUT2D eigenvalue weighted by atomic mass is 16.1. The van der Waals surface area contributed by atoms with Crippen LogP contribution in [0.25, 0.3) is 0 Å². The van der Waals surface area contributed by atoms with E-state index in [1.54, 1.807) is 11.2 Å². The third kappa shape index (κ3) is 1.20. The number of primary amides is 1. The molecule has 0 aromatic rings. The molecule has 3 N–H and O–H groups in total. The number of hydrogen-bond acceptors (Lipinski definition) is 3. The lowest BCUT2D eigenvalue weighted by Gasteiger charge is -2.05. The van der Waals surface area contributed by atoms with Crippen molar-refractivity contribution < 1.29 is 4.79 Å². The molecule has 0 saturated heterocycles. The fraction of sp³-hybridized carbons (Fsp3) is 0.400. The van der Waals surface area contributed by atoms with Crippen molar-refractivity contribution in [1.29, 1.82) is 0 Å². The van der Waals surface area contributed by atoms with Crippen molar-refractivity contribution in [2.75, 3.05) is 13.6 Å². The summed E-state index contributed by atoms with van der Waals surface area (Å²) < 4.78 is 0. The van der Waals surface area contributed by atoms with Gasteiger partial charge in [-0.1, -0.05) is 0 Å². The van der Waals surface area contributed by atoms with E-state index in [1.165, 1.54) is 0 Å². The Labute approximate surface area is 53.3 Å². The standard InChI is InChI=1S/C5H9N3O/c1-8-3-4(2-7-8)5(6)9/h2,7H,3H2,1H3,(H2,6,9). The Morgan fingerprint density at radius 2 is 2.67 bits per heavy atom. The van der Waals surface area contributed by atoms with Crippen LogP contribution in [0, 0.1) is 0 Å². The van der Waals surface area contributed by atoms with Crippen molar-refractivity contribution in [1.82, 2.24) is 10.4 Å². The number of hydrazine groups is 1. The number of nitrogens with two attached hydrogens (primary N) is 1. The average molecular weight is 127 g/mol. The lowest BCUT2D eigenvalue weighted by molar-refractivity contribution is -0.114. The Morgan fingerprint density at radius 3 is 2.89 bits per heavy atom. The minimum atomic E-state index is -0.355. The molecule has 0 spiro atoms. The van der Waals surface area contributed by atoms with Gasteiger partial charge in [-0.05, 0) is 0 Å². The zero-order valence-electron chi connectivity index (χ0n) is 5.22. The van der Waals surface area contributed by atoms with Crippen LogP contribution in [0.3, 0.4) is 0 Å². The van der Waals surface area contributed by atoms with Gasteiger partial charge in [-0.15, -0.1) is 0 Å². The van der Waals surface area contributed by atoms with Gasteiger partial charge in [0, 0.05) is 25.4 Å². The smallest absolute Gasteiger partial charge is 0.247 e. The van der Waals surface area contributed by atoms with E-state index >= 15 is 0 Å². The van der Waals surface area contributed by atoms with Crippen LogP contribution < -0.4 is 11.2 Å². The molecule has 0 bridgehead atoms. The molecule has 0 aromatic carbocycles. The van der Waals surface area contributed by atoms with Gasteiger partial charge in [0.2, 0.25) is 5.91 Å². The van der Waals surface area contributed by atoms with Gasteiger partial charge in [0.05, 0.1) is 0 Å². The maximum absolute atomic E-state index is 10.4. The molecule has 50 valence electrons. The predicted molar refractivity (Wildman–Crippen MR) is 33.0 cm³/mol. The Bertz CT molecular complexity index is 164. The van der Waals surface area contributed by atoms with Gasteiger partial charge in [-0.3, -0.25) is 4.79 Å². The third-order valence-corrected chi connectivity index (χ3v) is 1.18. The lowest BCUT2D eigenvalue weighted by Crippen LogP contribution is -2.26. The minimum absolute atomic E-state index is 0.355. The van der Waals surface area contributed by atoms with Crippen LogP contribution in [-0.4, -0.2) is 24.5 Å². The maximum atomic E-state index is 10.4. The molecule has 4 nitrogen and oxygen atoms in total. The highest BCUT2D eigenvalue weighted by Crippen LogP contribution is 1.99. The van der Waals surface area contributed by atoms with Crippen LogP contribution in [0.1, 0.15) is 0 Å². The van der Waals surface area contributed by atoms with Gasteiger partial charge in [0.15, 0.2) is 0 Å². The SMILES string of the molecule is CN1CC(C(N)=O)=CN1. The molecule has 1 heterocycles. The van der Waals surface area contributed by atoms with Gasteiger partial charge in [-0.2, -0.15) is 0 Å². The maximum Gasteiger partial charge on any atom is 0.247 e. The van der Waals surface area contributed by atoms with Gasteiger partial charge >= 0.3 is 0 Å². The van der Waals surface area contributed by atoms with E-state index < -0.39 is 0 Å². The van der Waals surface area contributed by atoms with E-state index in [-0.39, 0.29) is 5.91 Å². The average Bonchev–Trinajstić information content (AvgIpc) is 2.14. The first-order valence-corrected chi connectivity index (χ1v) is 2.66. The second-order valence-electron chi connectivity index (χ2n) is 2.02. The molecule has 0 unspecified atom stereocenters. The fourth-order valence-electron chi connectivity index (χ4n) is 0.684. The molecule has 0 aromatic heterocycles. The molecule has 9 heavy (non-hydrogen) atoms. The Morgan fingerprint density at radius 1 is 2.00 bits per heavy atom. The van der Waals surface area contributed by atoms with Crippen molar-refractivity contribution >= 4 is 5.91 Å². The molecule has 4 heteroatoms. The minimum Gasteiger partial charge on any atom is -0.366 e. The monoisotopic (exact) mass is 127 g/mol. The number of nitrogens with one attached hydrogen (secondary N) is 1. The van der Waals surface area contributed by atoms with Crippen molar-refractivity contribution in [3.63, 3.8) is 0 Å². The van der Waals surface area contributed by atoms with Gasteiger partial charge in [0.25, 0.3) is 0 Å². The van der Waals surface area contributed by atoms with Crippen molar-refractivity contribution in [2.24, 2.45) is 5.73 Å². The molecule has 0 atom stereocenters. The van der Waals surface area contributed by atoms with E-state index in [9.17, 15) is 4.79 Å². The molecular formula is C5H9N3O. The molecule has 1 aliphatic heterocycles. The summed E-state index contributed by atoms with van der Waals surface area (Å²) in [5, 5.41) is 1.78. The highest BCUT2D eigenvalue weighted by molar-refractivity contribution is 5.92. The number of nitrogens with zero attached hydrogens (tertiary/aromatic N) is 1. The van der Waals surface area contributed by atoms with Crippen LogP contribution in [0.2, 0.25) is 0 Å². The number of carbonyl (C=O) groups is 1. The van der Waals surface area contributed by atoms with E-state index in [2.05, 4.69) is 5.43 Å². The number of rotatable bonds is 1. The summed E-state index contributed by atoms with van der Waals surface area (Å²) in [5.41, 5.74) is 8.43. The third-order valence-electron chi connectivity index (χ3n) is 1.18. The fourth-order valence-corrected chi connectivity index (χ4v) is 0.684. The predicted octanol–water partition coefficient (Wildman–Crippen LogP) is -1.19. The van der Waals surface area contributed by atoms with E-state index in [1.807, 2.05) is 7.05 Å². The highest BCUT2D eigenvalue weighted by Gasteiger charge is 2.12. The van der Waals surface area contributed by atoms with E-state index in [0.717, 1.165) is 0 Å². The number of hydrogen-bond donors (Lipinski definition) is 2. The molecule has 0 aliphatic carbocycles. The first kappa shape index (κ1) is 6.10. The normalized spacial score (nSPS) is 19.0. The van der Waals surface area contributed by atoms with Gasteiger partial charge in [0.1, 0.15) is 0 Å². The van der Waals surface area contributed by atoms with Crippen LogP contribution in [-0.2, 0) is 4.79 Å². The van der Waals surface area contributed by atoms with Gasteiger partial charge < -0.3 is 11.2 Å². The Kier molecular flexibility index (Phi) is 1.40. The zero-order valence-corrected chi connectivity index (χ0v) is 5.22. The molecule has 0 fully saturated rings. The van der Waals surface area contributed by atoms with Crippen molar-refractivity contribution in [3.05, 3.63) is 11.8 Å². The van der Waals surface area contributed by atoms with Crippen LogP contribution in [0.5, 0.6) is 0 Å². The molecule has 0 radical (unpaired) electrons. The molecule has 1 amide bonds. The lowest BCUT2D eigenvalue weighted by atomic mass is 10.3. The van der Waals surface area contributed by atoms with Crippen LogP contribution in [0.4, 0.5) is 0 Å². The quantitative estimate of drug-likeness (QED) is 0.465. The topological polar surface area (TPSA) is 58.4 Å². The first-order valence-electron chi connectivity index (χ1n) is 2.66. The van der Waals surface area contributed by atoms with Crippen LogP contribution >= 0.6 is 0 Å². The molecule has 0 saturated carbocycles. The van der Waals surface area contributed by atoms with Crippen molar-refractivity contribution in [2.45, 2.75) is 0 Å². The summed E-state index contributed by atoms with van der Waals surface area (Å²) in [6.45, 7) is 0.593. The largest absolute Gasteiger partial charge is 0.366 e. The Balaban J connectivity index is 2.55. The second kappa shape index (κ2) is 2.06. The summed E-state index contributed by atoms with van der Waals surface area (Å²) >= 11 is 0. The van der Waals surface area contributed by atoms with Crippen molar-refractivity contribution in [3.8, 4) is 0 Å². The van der Waals surface area contributed by atoms with E-state index in [0.29, 0.717) is 12.1 Å². The summed E-state index contributed by atoms with van der Waals surface area (Å²) in [7, 11) is 1.84. The summed E-state index contributed by atoms with van der Waals surface area (Å²) in [5.74, 6) is -0.355. The first-order chi connectivity index (χ1) is 4.20. The molecular weight excluding hydrogens is 118 g/mol. The van der Waals surface area contributed by atoms with Gasteiger partial charge in [-0.25, -0.2) is 5.01 Å². The number of likely N-dealkylation sites (N-methyl/N-ethyl adjacent to an activating group) is 1. The zero-order chi connectivity index (χ0) is 6.85. The second-order valence-corrected chi connectivity index (χ2v) is 2.02. The summed E-state index contributed by atoms with van der Waals surface area (Å²) in [4.78, 5) is 10.4. The van der Waals surface area contributed by atoms with E-state index in [4.69, 9.17) is 5.73 Å². The summed E-state index contributed by atoms with van der Waals surface area (Å²) in [6, 6.07) is 0. The number of carbonyl (C=O) groups excluding carboxylic acids is 1. The molecule has 1 rings (SSSR count). The number of amides is 1. The van der Waals surface area contributed by atoms with Crippen LogP contribution in [0.15, 0.2) is 11.8 Å².